The van der Waals surface area contributed by atoms with E-state index in [1.54, 1.807) is 12.1 Å². The standard InChI is InChI=1S/C20H27N3O3S.ClH/c1-15(2)20(3,14-21)23-19(24)17-10-7-11-18(12-17)27(25,26)22-13-16-8-5-4-6-9-16;/h4-12,15,22H,13-14,21H2,1-3H3,(H,23,24);1H. The first kappa shape index (κ1) is 24.1. The molecule has 4 N–H and O–H groups in total. The average Bonchev–Trinajstić information content (AvgIpc) is 2.67. The zero-order valence-electron chi connectivity index (χ0n) is 16.3. The maximum Gasteiger partial charge on any atom is 0.251 e. The minimum atomic E-state index is -3.73. The number of nitrogens with one attached hydrogen (secondary N) is 2. The van der Waals surface area contributed by atoms with Crippen molar-refractivity contribution in [3.63, 3.8) is 0 Å². The van der Waals surface area contributed by atoms with Crippen molar-refractivity contribution in [2.24, 2.45) is 11.7 Å². The van der Waals surface area contributed by atoms with Crippen LogP contribution in [-0.2, 0) is 16.6 Å². The molecule has 154 valence electrons. The van der Waals surface area contributed by atoms with E-state index in [0.717, 1.165) is 5.56 Å². The van der Waals surface area contributed by atoms with Crippen LogP contribution in [0.15, 0.2) is 59.5 Å². The van der Waals surface area contributed by atoms with Gasteiger partial charge in [0.25, 0.3) is 5.91 Å². The van der Waals surface area contributed by atoms with Gasteiger partial charge in [0, 0.05) is 18.7 Å². The first-order chi connectivity index (χ1) is 12.7. The lowest BCUT2D eigenvalue weighted by molar-refractivity contribution is 0.0883. The van der Waals surface area contributed by atoms with Gasteiger partial charge in [-0.3, -0.25) is 4.79 Å². The smallest absolute Gasteiger partial charge is 0.251 e. The molecule has 0 spiro atoms. The van der Waals surface area contributed by atoms with Crippen LogP contribution in [0.4, 0.5) is 0 Å². The summed E-state index contributed by atoms with van der Waals surface area (Å²) in [7, 11) is -3.73. The molecule has 2 aromatic rings. The molecule has 28 heavy (non-hydrogen) atoms. The fourth-order valence-corrected chi connectivity index (χ4v) is 3.49. The third-order valence-electron chi connectivity index (χ3n) is 4.81. The van der Waals surface area contributed by atoms with E-state index < -0.39 is 15.6 Å². The molecular formula is C20H28ClN3O3S. The van der Waals surface area contributed by atoms with E-state index in [1.165, 1.54) is 12.1 Å². The summed E-state index contributed by atoms with van der Waals surface area (Å²) in [5.41, 5.74) is 6.36. The molecule has 1 atom stereocenters. The molecule has 0 saturated heterocycles. The summed E-state index contributed by atoms with van der Waals surface area (Å²) in [4.78, 5) is 12.6. The van der Waals surface area contributed by atoms with Gasteiger partial charge >= 0.3 is 0 Å². The second kappa shape index (κ2) is 10.0. The van der Waals surface area contributed by atoms with Crippen molar-refractivity contribution in [1.82, 2.24) is 10.0 Å². The van der Waals surface area contributed by atoms with Gasteiger partial charge < -0.3 is 11.1 Å². The van der Waals surface area contributed by atoms with Gasteiger partial charge in [-0.05, 0) is 36.6 Å². The van der Waals surface area contributed by atoms with Gasteiger partial charge in [-0.25, -0.2) is 13.1 Å². The fourth-order valence-electron chi connectivity index (χ4n) is 2.42. The Labute approximate surface area is 173 Å². The zero-order valence-corrected chi connectivity index (χ0v) is 17.9. The van der Waals surface area contributed by atoms with E-state index in [9.17, 15) is 13.2 Å². The lowest BCUT2D eigenvalue weighted by Crippen LogP contribution is -2.55. The summed E-state index contributed by atoms with van der Waals surface area (Å²) in [6.07, 6.45) is 0. The number of nitrogens with two attached hydrogens (primary N) is 1. The second-order valence-electron chi connectivity index (χ2n) is 7.07. The minimum absolute atomic E-state index is 0. The van der Waals surface area contributed by atoms with Crippen LogP contribution in [0.5, 0.6) is 0 Å². The second-order valence-corrected chi connectivity index (χ2v) is 8.84. The highest BCUT2D eigenvalue weighted by molar-refractivity contribution is 7.89. The summed E-state index contributed by atoms with van der Waals surface area (Å²) in [5, 5.41) is 2.92. The van der Waals surface area contributed by atoms with Crippen molar-refractivity contribution in [2.75, 3.05) is 6.54 Å². The lowest BCUT2D eigenvalue weighted by Gasteiger charge is -2.33. The summed E-state index contributed by atoms with van der Waals surface area (Å²) in [6, 6.07) is 15.2. The monoisotopic (exact) mass is 425 g/mol. The van der Waals surface area contributed by atoms with Crippen molar-refractivity contribution in [2.45, 2.75) is 37.8 Å². The summed E-state index contributed by atoms with van der Waals surface area (Å²) < 4.78 is 27.7. The van der Waals surface area contributed by atoms with Gasteiger partial charge in [-0.15, -0.1) is 12.4 Å². The Morgan fingerprint density at radius 3 is 2.32 bits per heavy atom. The molecular weight excluding hydrogens is 398 g/mol. The third kappa shape index (κ3) is 6.04. The molecule has 0 radical (unpaired) electrons. The van der Waals surface area contributed by atoms with Crippen LogP contribution in [0.1, 0.15) is 36.7 Å². The highest BCUT2D eigenvalue weighted by Crippen LogP contribution is 2.17. The Bertz CT molecular complexity index is 889. The lowest BCUT2D eigenvalue weighted by atomic mass is 9.88. The number of carbonyl (C=O) groups excluding carboxylic acids is 1. The molecule has 0 bridgehead atoms. The van der Waals surface area contributed by atoms with Crippen molar-refractivity contribution in [3.05, 3.63) is 65.7 Å². The highest BCUT2D eigenvalue weighted by atomic mass is 35.5. The van der Waals surface area contributed by atoms with Crippen LogP contribution in [0, 0.1) is 5.92 Å². The van der Waals surface area contributed by atoms with Crippen LogP contribution < -0.4 is 15.8 Å². The van der Waals surface area contributed by atoms with Gasteiger partial charge in [0.15, 0.2) is 0 Å². The molecule has 0 aromatic heterocycles. The molecule has 0 aliphatic rings. The van der Waals surface area contributed by atoms with E-state index >= 15 is 0 Å². The average molecular weight is 426 g/mol. The maximum absolute atomic E-state index is 12.6. The number of rotatable bonds is 8. The van der Waals surface area contributed by atoms with E-state index in [-0.39, 0.29) is 47.8 Å². The van der Waals surface area contributed by atoms with Crippen LogP contribution in [0.3, 0.4) is 0 Å². The summed E-state index contributed by atoms with van der Waals surface area (Å²) in [5.74, 6) is -0.220. The van der Waals surface area contributed by atoms with Gasteiger partial charge in [-0.2, -0.15) is 0 Å². The van der Waals surface area contributed by atoms with E-state index in [1.807, 2.05) is 51.1 Å². The Morgan fingerprint density at radius 2 is 1.75 bits per heavy atom. The Kier molecular flexibility index (Phi) is 8.63. The van der Waals surface area contributed by atoms with Gasteiger partial charge in [-0.1, -0.05) is 50.2 Å². The first-order valence-electron chi connectivity index (χ1n) is 8.84. The number of hydrogen-bond acceptors (Lipinski definition) is 4. The van der Waals surface area contributed by atoms with E-state index in [0.29, 0.717) is 0 Å². The normalized spacial score (nSPS) is 13.5. The third-order valence-corrected chi connectivity index (χ3v) is 6.21. The number of sulfonamides is 1. The van der Waals surface area contributed by atoms with Crippen LogP contribution in [0.2, 0.25) is 0 Å². The minimum Gasteiger partial charge on any atom is -0.345 e. The topological polar surface area (TPSA) is 101 Å². The molecule has 6 nitrogen and oxygen atoms in total. The SMILES string of the molecule is CC(C)C(C)(CN)NC(=O)c1cccc(S(=O)(=O)NCc2ccccc2)c1.Cl. The Balaban J connectivity index is 0.00000392. The quantitative estimate of drug-likeness (QED) is 0.605. The fraction of sp³-hybridized carbons (Fsp3) is 0.350. The highest BCUT2D eigenvalue weighted by Gasteiger charge is 2.29. The van der Waals surface area contributed by atoms with Gasteiger partial charge in [0.05, 0.1) is 10.4 Å². The van der Waals surface area contributed by atoms with E-state index in [4.69, 9.17) is 5.73 Å². The molecule has 0 fully saturated rings. The molecule has 0 heterocycles. The number of benzene rings is 2. The molecule has 0 saturated carbocycles. The van der Waals surface area contributed by atoms with Crippen molar-refractivity contribution < 1.29 is 13.2 Å². The predicted octanol–water partition coefficient (Wildman–Crippen LogP) is 2.69. The number of halogens is 1. The maximum atomic E-state index is 12.6. The van der Waals surface area contributed by atoms with Crippen molar-refractivity contribution in [1.29, 1.82) is 0 Å². The van der Waals surface area contributed by atoms with E-state index in [2.05, 4.69) is 10.0 Å². The van der Waals surface area contributed by atoms with Gasteiger partial charge in [0.1, 0.15) is 0 Å². The van der Waals surface area contributed by atoms with Crippen LogP contribution in [0.25, 0.3) is 0 Å². The Morgan fingerprint density at radius 1 is 1.11 bits per heavy atom. The Hall–Kier alpha value is -1.93. The summed E-state index contributed by atoms with van der Waals surface area (Å²) >= 11 is 0. The first-order valence-corrected chi connectivity index (χ1v) is 10.3. The van der Waals surface area contributed by atoms with Gasteiger partial charge in [0.2, 0.25) is 10.0 Å². The molecule has 2 rings (SSSR count). The number of carbonyl (C=O) groups is 1. The predicted molar refractivity (Wildman–Crippen MR) is 114 cm³/mol. The zero-order chi connectivity index (χ0) is 20.1. The molecule has 0 aliphatic carbocycles. The van der Waals surface area contributed by atoms with Crippen LogP contribution in [-0.4, -0.2) is 26.4 Å². The van der Waals surface area contributed by atoms with Crippen molar-refractivity contribution >= 4 is 28.3 Å². The largest absolute Gasteiger partial charge is 0.345 e. The van der Waals surface area contributed by atoms with Crippen LogP contribution >= 0.6 is 12.4 Å². The molecule has 2 aromatic carbocycles. The molecule has 1 unspecified atom stereocenters. The summed E-state index contributed by atoms with van der Waals surface area (Å²) in [6.45, 7) is 6.28. The number of hydrogen-bond donors (Lipinski definition) is 3. The number of amides is 1. The molecule has 1 amide bonds. The van der Waals surface area contributed by atoms with Crippen molar-refractivity contribution in [3.8, 4) is 0 Å². The molecule has 0 aliphatic heterocycles. The molecule has 8 heteroatoms.